The van der Waals surface area contributed by atoms with Gasteiger partial charge >= 0.3 is 0 Å². The first-order chi connectivity index (χ1) is 8.49. The van der Waals surface area contributed by atoms with E-state index >= 15 is 0 Å². The highest BCUT2D eigenvalue weighted by atomic mass is 16.3. The van der Waals surface area contributed by atoms with Gasteiger partial charge in [0.2, 0.25) is 5.91 Å². The van der Waals surface area contributed by atoms with Crippen molar-refractivity contribution in [2.75, 3.05) is 6.54 Å². The molecule has 18 heavy (non-hydrogen) atoms. The van der Waals surface area contributed by atoms with Crippen LogP contribution in [0.15, 0.2) is 24.3 Å². The van der Waals surface area contributed by atoms with Crippen LogP contribution >= 0.6 is 0 Å². The summed E-state index contributed by atoms with van der Waals surface area (Å²) in [5, 5.41) is 18.8. The van der Waals surface area contributed by atoms with Gasteiger partial charge in [0.1, 0.15) is 11.8 Å². The summed E-state index contributed by atoms with van der Waals surface area (Å²) in [6.07, 6.45) is -0.594. The van der Waals surface area contributed by atoms with Crippen molar-refractivity contribution in [1.82, 2.24) is 4.90 Å². The SMILES string of the molecule is NC(=O)C1CC(O)CN1C(=O)c1cccc(O)c1. The third-order valence-corrected chi connectivity index (χ3v) is 2.96. The van der Waals surface area contributed by atoms with Crippen molar-refractivity contribution in [3.8, 4) is 5.75 Å². The number of rotatable bonds is 2. The van der Waals surface area contributed by atoms with Gasteiger partial charge in [0.05, 0.1) is 6.10 Å². The number of hydrogen-bond acceptors (Lipinski definition) is 4. The van der Waals surface area contributed by atoms with Gasteiger partial charge in [0, 0.05) is 18.5 Å². The van der Waals surface area contributed by atoms with Crippen molar-refractivity contribution in [3.63, 3.8) is 0 Å². The number of carbonyl (C=O) groups excluding carboxylic acids is 2. The normalized spacial score (nSPS) is 23.1. The maximum absolute atomic E-state index is 12.2. The Morgan fingerprint density at radius 2 is 2.11 bits per heavy atom. The zero-order valence-corrected chi connectivity index (χ0v) is 9.61. The largest absolute Gasteiger partial charge is 0.508 e. The van der Waals surface area contributed by atoms with Crippen LogP contribution in [0, 0.1) is 0 Å². The molecule has 1 aromatic rings. The minimum Gasteiger partial charge on any atom is -0.508 e. The molecule has 1 saturated heterocycles. The second-order valence-electron chi connectivity index (χ2n) is 4.32. The lowest BCUT2D eigenvalue weighted by Crippen LogP contribution is -2.43. The predicted octanol–water partition coefficient (Wildman–Crippen LogP) is -0.547. The summed E-state index contributed by atoms with van der Waals surface area (Å²) in [5.74, 6) is -1.09. The van der Waals surface area contributed by atoms with E-state index in [4.69, 9.17) is 5.73 Å². The molecular weight excluding hydrogens is 236 g/mol. The van der Waals surface area contributed by atoms with Crippen molar-refractivity contribution in [3.05, 3.63) is 29.8 Å². The van der Waals surface area contributed by atoms with Crippen LogP contribution < -0.4 is 5.73 Å². The Labute approximate surface area is 104 Å². The van der Waals surface area contributed by atoms with E-state index in [1.165, 1.54) is 29.2 Å². The minimum atomic E-state index is -0.796. The molecule has 2 unspecified atom stereocenters. The van der Waals surface area contributed by atoms with Crippen LogP contribution in [0.25, 0.3) is 0 Å². The van der Waals surface area contributed by atoms with Crippen molar-refractivity contribution < 1.29 is 19.8 Å². The third-order valence-electron chi connectivity index (χ3n) is 2.96. The zero-order chi connectivity index (χ0) is 13.3. The van der Waals surface area contributed by atoms with Crippen LogP contribution in [0.5, 0.6) is 5.75 Å². The molecule has 6 heteroatoms. The molecule has 0 spiro atoms. The highest BCUT2D eigenvalue weighted by Crippen LogP contribution is 2.21. The lowest BCUT2D eigenvalue weighted by molar-refractivity contribution is -0.121. The molecular formula is C12H14N2O4. The molecule has 2 atom stereocenters. The number of phenolic OH excluding ortho intramolecular Hbond substituents is 1. The molecule has 96 valence electrons. The van der Waals surface area contributed by atoms with Crippen LogP contribution in [0.4, 0.5) is 0 Å². The van der Waals surface area contributed by atoms with E-state index in [1.54, 1.807) is 0 Å². The molecule has 1 heterocycles. The molecule has 0 radical (unpaired) electrons. The Bertz CT molecular complexity index is 489. The number of nitrogens with zero attached hydrogens (tertiary/aromatic N) is 1. The molecule has 0 bridgehead atoms. The van der Waals surface area contributed by atoms with E-state index in [2.05, 4.69) is 0 Å². The Morgan fingerprint density at radius 1 is 1.39 bits per heavy atom. The molecule has 4 N–H and O–H groups in total. The summed E-state index contributed by atoms with van der Waals surface area (Å²) < 4.78 is 0. The number of phenols is 1. The number of primary amides is 1. The molecule has 1 aromatic carbocycles. The van der Waals surface area contributed by atoms with Gasteiger partial charge in [-0.05, 0) is 18.2 Å². The maximum atomic E-state index is 12.2. The number of aliphatic hydroxyl groups excluding tert-OH is 1. The van der Waals surface area contributed by atoms with E-state index < -0.39 is 24.0 Å². The lowest BCUT2D eigenvalue weighted by Gasteiger charge is -2.21. The summed E-state index contributed by atoms with van der Waals surface area (Å²) in [6.45, 7) is 0.0715. The second kappa shape index (κ2) is 4.66. The number of hydrogen-bond donors (Lipinski definition) is 3. The average molecular weight is 250 g/mol. The minimum absolute atomic E-state index is 0.0313. The third kappa shape index (κ3) is 2.28. The van der Waals surface area contributed by atoms with Crippen LogP contribution in [0.3, 0.4) is 0 Å². The monoisotopic (exact) mass is 250 g/mol. The number of β-amino-alcohol motifs (C(OH)–C–C–N with tert-alkyl or cyclic N) is 1. The first-order valence-electron chi connectivity index (χ1n) is 5.56. The number of nitrogens with two attached hydrogens (primary N) is 1. The van der Waals surface area contributed by atoms with E-state index in [0.29, 0.717) is 0 Å². The van der Waals surface area contributed by atoms with Crippen molar-refractivity contribution >= 4 is 11.8 Å². The summed E-state index contributed by atoms with van der Waals surface area (Å²) in [6, 6.07) is 5.03. The highest BCUT2D eigenvalue weighted by Gasteiger charge is 2.38. The smallest absolute Gasteiger partial charge is 0.254 e. The van der Waals surface area contributed by atoms with Crippen molar-refractivity contribution in [1.29, 1.82) is 0 Å². The van der Waals surface area contributed by atoms with E-state index in [0.717, 1.165) is 0 Å². The maximum Gasteiger partial charge on any atom is 0.254 e. The van der Waals surface area contributed by atoms with E-state index in [9.17, 15) is 19.8 Å². The number of benzene rings is 1. The lowest BCUT2D eigenvalue weighted by atomic mass is 10.1. The molecule has 2 amide bonds. The van der Waals surface area contributed by atoms with Crippen LogP contribution in [-0.2, 0) is 4.79 Å². The molecule has 1 fully saturated rings. The summed E-state index contributed by atoms with van der Waals surface area (Å²) in [5.41, 5.74) is 5.46. The van der Waals surface area contributed by atoms with E-state index in [-0.39, 0.29) is 24.3 Å². The van der Waals surface area contributed by atoms with Gasteiger partial charge in [-0.3, -0.25) is 9.59 Å². The Kier molecular flexibility index (Phi) is 3.20. The average Bonchev–Trinajstić information content (AvgIpc) is 2.70. The predicted molar refractivity (Wildman–Crippen MR) is 62.7 cm³/mol. The molecule has 0 aliphatic carbocycles. The number of amides is 2. The molecule has 2 rings (SSSR count). The summed E-state index contributed by atoms with van der Waals surface area (Å²) >= 11 is 0. The van der Waals surface area contributed by atoms with Crippen LogP contribution in [0.2, 0.25) is 0 Å². The molecule has 1 aliphatic rings. The number of aromatic hydroxyl groups is 1. The number of likely N-dealkylation sites (tertiary alicyclic amines) is 1. The van der Waals surface area contributed by atoms with E-state index in [1.807, 2.05) is 0 Å². The van der Waals surface area contributed by atoms with Gasteiger partial charge in [-0.1, -0.05) is 6.07 Å². The van der Waals surface area contributed by atoms with Gasteiger partial charge in [-0.2, -0.15) is 0 Å². The fraction of sp³-hybridized carbons (Fsp3) is 0.333. The first-order valence-corrected chi connectivity index (χ1v) is 5.56. The Balaban J connectivity index is 2.25. The molecule has 0 saturated carbocycles. The Hall–Kier alpha value is -2.08. The standard InChI is InChI=1S/C12H14N2O4/c13-11(17)10-5-9(16)6-14(10)12(18)7-2-1-3-8(15)4-7/h1-4,9-10,15-16H,5-6H2,(H2,13,17). The quantitative estimate of drug-likeness (QED) is 0.655. The van der Waals surface area contributed by atoms with Crippen LogP contribution in [0.1, 0.15) is 16.8 Å². The zero-order valence-electron chi connectivity index (χ0n) is 9.61. The van der Waals surface area contributed by atoms with Gasteiger partial charge in [0.15, 0.2) is 0 Å². The molecule has 6 nitrogen and oxygen atoms in total. The van der Waals surface area contributed by atoms with Gasteiger partial charge in [-0.25, -0.2) is 0 Å². The van der Waals surface area contributed by atoms with Gasteiger partial charge < -0.3 is 20.8 Å². The molecule has 1 aliphatic heterocycles. The molecule has 0 aromatic heterocycles. The van der Waals surface area contributed by atoms with Gasteiger partial charge in [-0.15, -0.1) is 0 Å². The number of carbonyl (C=O) groups is 2. The fourth-order valence-corrected chi connectivity index (χ4v) is 2.11. The summed E-state index contributed by atoms with van der Waals surface area (Å²) in [7, 11) is 0. The first kappa shape index (κ1) is 12.4. The van der Waals surface area contributed by atoms with Crippen molar-refractivity contribution in [2.24, 2.45) is 5.73 Å². The summed E-state index contributed by atoms with van der Waals surface area (Å²) in [4.78, 5) is 24.6. The highest BCUT2D eigenvalue weighted by molar-refractivity contribution is 5.98. The van der Waals surface area contributed by atoms with Gasteiger partial charge in [0.25, 0.3) is 5.91 Å². The fourth-order valence-electron chi connectivity index (χ4n) is 2.11. The second-order valence-corrected chi connectivity index (χ2v) is 4.32. The van der Waals surface area contributed by atoms with Crippen molar-refractivity contribution in [2.45, 2.75) is 18.6 Å². The Morgan fingerprint density at radius 3 is 2.72 bits per heavy atom. The van der Waals surface area contributed by atoms with Crippen LogP contribution in [-0.4, -0.2) is 45.6 Å². The topological polar surface area (TPSA) is 104 Å². The number of aliphatic hydroxyl groups is 1.